The van der Waals surface area contributed by atoms with E-state index in [1.165, 1.54) is 0 Å². The third-order valence-electron chi connectivity index (χ3n) is 3.61. The van der Waals surface area contributed by atoms with Gasteiger partial charge in [0.05, 0.1) is 13.7 Å². The standard InChI is InChI=1S/C15H23N3O2/c1-11-9-18(12(2)8-16-11)10-15(19)17-13-4-6-14(20-3)7-5-13/h4-7,11-12,16H,8-10H2,1-3H3,(H,17,19). The molecule has 5 heteroatoms. The summed E-state index contributed by atoms with van der Waals surface area (Å²) in [6, 6.07) is 8.19. The summed E-state index contributed by atoms with van der Waals surface area (Å²) in [5.41, 5.74) is 0.798. The Kier molecular flexibility index (Phi) is 4.98. The van der Waals surface area contributed by atoms with Gasteiger partial charge in [-0.15, -0.1) is 0 Å². The molecule has 1 heterocycles. The number of piperazine rings is 1. The molecule has 0 radical (unpaired) electrons. The largest absolute Gasteiger partial charge is 0.497 e. The molecule has 1 amide bonds. The van der Waals surface area contributed by atoms with Gasteiger partial charge in [0.1, 0.15) is 5.75 Å². The third-order valence-corrected chi connectivity index (χ3v) is 3.61. The molecule has 2 atom stereocenters. The summed E-state index contributed by atoms with van der Waals surface area (Å²) in [7, 11) is 1.63. The van der Waals surface area contributed by atoms with E-state index in [1.54, 1.807) is 7.11 Å². The van der Waals surface area contributed by atoms with Gasteiger partial charge in [-0.3, -0.25) is 9.69 Å². The monoisotopic (exact) mass is 277 g/mol. The van der Waals surface area contributed by atoms with Crippen molar-refractivity contribution in [1.82, 2.24) is 10.2 Å². The number of nitrogens with zero attached hydrogens (tertiary/aromatic N) is 1. The van der Waals surface area contributed by atoms with Gasteiger partial charge in [0.2, 0.25) is 5.91 Å². The molecule has 1 aromatic rings. The molecular weight excluding hydrogens is 254 g/mol. The summed E-state index contributed by atoms with van der Waals surface area (Å²) in [4.78, 5) is 14.3. The maximum absolute atomic E-state index is 12.1. The third kappa shape index (κ3) is 3.95. The lowest BCUT2D eigenvalue weighted by Crippen LogP contribution is -2.55. The van der Waals surface area contributed by atoms with Crippen molar-refractivity contribution in [2.45, 2.75) is 25.9 Å². The number of carbonyl (C=O) groups is 1. The Morgan fingerprint density at radius 1 is 1.40 bits per heavy atom. The first-order valence-corrected chi connectivity index (χ1v) is 7.00. The van der Waals surface area contributed by atoms with E-state index in [9.17, 15) is 4.79 Å². The van der Waals surface area contributed by atoms with Crippen LogP contribution in [0, 0.1) is 0 Å². The Bertz CT molecular complexity index is 447. The minimum atomic E-state index is 0.0242. The van der Waals surface area contributed by atoms with Crippen molar-refractivity contribution in [1.29, 1.82) is 0 Å². The highest BCUT2D eigenvalue weighted by atomic mass is 16.5. The highest BCUT2D eigenvalue weighted by Crippen LogP contribution is 2.15. The highest BCUT2D eigenvalue weighted by Gasteiger charge is 2.23. The second kappa shape index (κ2) is 6.72. The lowest BCUT2D eigenvalue weighted by Gasteiger charge is -2.36. The van der Waals surface area contributed by atoms with E-state index >= 15 is 0 Å². The topological polar surface area (TPSA) is 53.6 Å². The van der Waals surface area contributed by atoms with Crippen LogP contribution in [0.25, 0.3) is 0 Å². The van der Waals surface area contributed by atoms with Crippen molar-refractivity contribution >= 4 is 11.6 Å². The van der Waals surface area contributed by atoms with Crippen molar-refractivity contribution in [3.8, 4) is 5.75 Å². The first-order valence-electron chi connectivity index (χ1n) is 7.00. The van der Waals surface area contributed by atoms with Gasteiger partial charge in [0, 0.05) is 30.9 Å². The minimum absolute atomic E-state index is 0.0242. The smallest absolute Gasteiger partial charge is 0.238 e. The molecule has 1 aliphatic heterocycles. The van der Waals surface area contributed by atoms with Crippen LogP contribution in [0.3, 0.4) is 0 Å². The molecule has 1 aromatic carbocycles. The molecule has 110 valence electrons. The van der Waals surface area contributed by atoms with E-state index in [-0.39, 0.29) is 5.91 Å². The summed E-state index contributed by atoms with van der Waals surface area (Å²) in [5, 5.41) is 6.33. The van der Waals surface area contributed by atoms with Crippen LogP contribution in [0.5, 0.6) is 5.75 Å². The summed E-state index contributed by atoms with van der Waals surface area (Å²) >= 11 is 0. The molecule has 5 nitrogen and oxygen atoms in total. The molecule has 0 aliphatic carbocycles. The Morgan fingerprint density at radius 3 is 2.75 bits per heavy atom. The first kappa shape index (κ1) is 14.8. The van der Waals surface area contributed by atoms with Crippen LogP contribution in [0.2, 0.25) is 0 Å². The van der Waals surface area contributed by atoms with Crippen LogP contribution >= 0.6 is 0 Å². The molecule has 0 saturated carbocycles. The number of rotatable bonds is 4. The lowest BCUT2D eigenvalue weighted by atomic mass is 10.1. The minimum Gasteiger partial charge on any atom is -0.497 e. The predicted octanol–water partition coefficient (Wildman–Crippen LogP) is 1.32. The summed E-state index contributed by atoms with van der Waals surface area (Å²) < 4.78 is 5.09. The van der Waals surface area contributed by atoms with Crippen LogP contribution in [-0.4, -0.2) is 49.6 Å². The molecule has 0 bridgehead atoms. The molecule has 1 fully saturated rings. The number of carbonyl (C=O) groups excluding carboxylic acids is 1. The maximum Gasteiger partial charge on any atom is 0.238 e. The number of methoxy groups -OCH3 is 1. The van der Waals surface area contributed by atoms with E-state index in [2.05, 4.69) is 29.4 Å². The van der Waals surface area contributed by atoms with Crippen LogP contribution < -0.4 is 15.4 Å². The zero-order chi connectivity index (χ0) is 14.5. The van der Waals surface area contributed by atoms with Gasteiger partial charge in [-0.05, 0) is 38.1 Å². The average Bonchev–Trinajstić information content (AvgIpc) is 2.43. The van der Waals surface area contributed by atoms with Crippen molar-refractivity contribution in [2.24, 2.45) is 0 Å². The number of amides is 1. The first-order chi connectivity index (χ1) is 9.58. The van der Waals surface area contributed by atoms with Gasteiger partial charge in [0.25, 0.3) is 0 Å². The molecule has 1 aliphatic rings. The van der Waals surface area contributed by atoms with E-state index in [0.29, 0.717) is 18.6 Å². The van der Waals surface area contributed by atoms with Crippen LogP contribution in [-0.2, 0) is 4.79 Å². The molecule has 0 spiro atoms. The van der Waals surface area contributed by atoms with Crippen LogP contribution in [0.1, 0.15) is 13.8 Å². The number of anilines is 1. The average molecular weight is 277 g/mol. The van der Waals surface area contributed by atoms with Gasteiger partial charge in [-0.25, -0.2) is 0 Å². The number of hydrogen-bond acceptors (Lipinski definition) is 4. The van der Waals surface area contributed by atoms with Crippen molar-refractivity contribution in [3.63, 3.8) is 0 Å². The Hall–Kier alpha value is -1.59. The van der Waals surface area contributed by atoms with Crippen molar-refractivity contribution in [3.05, 3.63) is 24.3 Å². The fourth-order valence-corrected chi connectivity index (χ4v) is 2.38. The predicted molar refractivity (Wildman–Crippen MR) is 80.1 cm³/mol. The van der Waals surface area contributed by atoms with Gasteiger partial charge in [-0.2, -0.15) is 0 Å². The molecule has 2 unspecified atom stereocenters. The Labute approximate surface area is 120 Å². The lowest BCUT2D eigenvalue weighted by molar-refractivity contribution is -0.118. The quantitative estimate of drug-likeness (QED) is 0.871. The molecular formula is C15H23N3O2. The molecule has 1 saturated heterocycles. The van der Waals surface area contributed by atoms with Crippen molar-refractivity contribution < 1.29 is 9.53 Å². The number of benzene rings is 1. The SMILES string of the molecule is COc1ccc(NC(=O)CN2CC(C)NCC2C)cc1. The van der Waals surface area contributed by atoms with E-state index in [0.717, 1.165) is 24.5 Å². The van der Waals surface area contributed by atoms with Gasteiger partial charge in [-0.1, -0.05) is 0 Å². The van der Waals surface area contributed by atoms with E-state index in [4.69, 9.17) is 4.74 Å². The molecule has 2 rings (SSSR count). The number of nitrogens with one attached hydrogen (secondary N) is 2. The molecule has 2 N–H and O–H groups in total. The molecule has 0 aromatic heterocycles. The number of ether oxygens (including phenoxy) is 1. The second-order valence-corrected chi connectivity index (χ2v) is 5.36. The highest BCUT2D eigenvalue weighted by molar-refractivity contribution is 5.92. The fraction of sp³-hybridized carbons (Fsp3) is 0.533. The maximum atomic E-state index is 12.1. The zero-order valence-electron chi connectivity index (χ0n) is 12.3. The Balaban J connectivity index is 1.87. The van der Waals surface area contributed by atoms with Crippen LogP contribution in [0.15, 0.2) is 24.3 Å². The van der Waals surface area contributed by atoms with Gasteiger partial charge >= 0.3 is 0 Å². The normalized spacial score (nSPS) is 23.4. The Morgan fingerprint density at radius 2 is 2.10 bits per heavy atom. The molecule has 20 heavy (non-hydrogen) atoms. The van der Waals surface area contributed by atoms with Crippen molar-refractivity contribution in [2.75, 3.05) is 32.1 Å². The van der Waals surface area contributed by atoms with Crippen LogP contribution in [0.4, 0.5) is 5.69 Å². The van der Waals surface area contributed by atoms with E-state index < -0.39 is 0 Å². The second-order valence-electron chi connectivity index (χ2n) is 5.36. The summed E-state index contributed by atoms with van der Waals surface area (Å²) in [5.74, 6) is 0.809. The van der Waals surface area contributed by atoms with Gasteiger partial charge < -0.3 is 15.4 Å². The zero-order valence-corrected chi connectivity index (χ0v) is 12.3. The summed E-state index contributed by atoms with van der Waals surface area (Å²) in [6.45, 7) is 6.53. The fourth-order valence-electron chi connectivity index (χ4n) is 2.38. The summed E-state index contributed by atoms with van der Waals surface area (Å²) in [6.07, 6.45) is 0. The van der Waals surface area contributed by atoms with E-state index in [1.807, 2.05) is 24.3 Å². The number of hydrogen-bond donors (Lipinski definition) is 2. The van der Waals surface area contributed by atoms with Gasteiger partial charge in [0.15, 0.2) is 0 Å².